The Kier molecular flexibility index (Phi) is 3.16. The second kappa shape index (κ2) is 4.98. The van der Waals surface area contributed by atoms with Gasteiger partial charge in [-0.2, -0.15) is 0 Å². The van der Waals surface area contributed by atoms with Gasteiger partial charge >= 0.3 is 0 Å². The van der Waals surface area contributed by atoms with Crippen molar-refractivity contribution in [1.82, 2.24) is 4.98 Å². The summed E-state index contributed by atoms with van der Waals surface area (Å²) in [6, 6.07) is 10.4. The highest BCUT2D eigenvalue weighted by Crippen LogP contribution is 2.35. The maximum atomic E-state index is 12.9. The van der Waals surface area contributed by atoms with Gasteiger partial charge in [-0.25, -0.2) is 4.39 Å². The Labute approximate surface area is 119 Å². The van der Waals surface area contributed by atoms with Gasteiger partial charge in [-0.05, 0) is 36.4 Å². The van der Waals surface area contributed by atoms with Crippen molar-refractivity contribution >= 4 is 22.5 Å². The van der Waals surface area contributed by atoms with Crippen LogP contribution in [0.3, 0.4) is 0 Å². The van der Waals surface area contributed by atoms with Crippen molar-refractivity contribution in [3.05, 3.63) is 59.5 Å². The molecule has 0 aliphatic heterocycles. The number of rotatable bonds is 2. The van der Waals surface area contributed by atoms with Crippen LogP contribution in [0.5, 0.6) is 17.2 Å². The first-order valence-corrected chi connectivity index (χ1v) is 6.22. The molecule has 1 N–H and O–H groups in total. The first-order valence-electron chi connectivity index (χ1n) is 5.84. The molecule has 0 fully saturated rings. The van der Waals surface area contributed by atoms with Gasteiger partial charge in [0, 0.05) is 22.7 Å². The first-order chi connectivity index (χ1) is 9.63. The van der Waals surface area contributed by atoms with E-state index in [2.05, 4.69) is 4.98 Å². The maximum absolute atomic E-state index is 12.9. The second-order valence-corrected chi connectivity index (χ2v) is 4.62. The quantitative estimate of drug-likeness (QED) is 0.754. The van der Waals surface area contributed by atoms with Gasteiger partial charge in [0.1, 0.15) is 28.6 Å². The molecule has 1 heterocycles. The Morgan fingerprint density at radius 2 is 1.85 bits per heavy atom. The predicted octanol–water partition coefficient (Wildman–Crippen LogP) is 4.53. The van der Waals surface area contributed by atoms with E-state index in [9.17, 15) is 9.50 Å². The summed E-state index contributed by atoms with van der Waals surface area (Å²) in [4.78, 5) is 4.09. The van der Waals surface area contributed by atoms with Crippen LogP contribution < -0.4 is 4.74 Å². The largest absolute Gasteiger partial charge is 0.506 e. The third kappa shape index (κ3) is 2.38. The number of benzene rings is 2. The number of pyridine rings is 1. The molecule has 0 aliphatic carbocycles. The van der Waals surface area contributed by atoms with Crippen molar-refractivity contribution in [1.29, 1.82) is 0 Å². The number of hydrogen-bond donors (Lipinski definition) is 1. The fraction of sp³-hybridized carbons (Fsp3) is 0. The van der Waals surface area contributed by atoms with Gasteiger partial charge in [0.15, 0.2) is 0 Å². The van der Waals surface area contributed by atoms with Crippen LogP contribution in [0.1, 0.15) is 0 Å². The lowest BCUT2D eigenvalue weighted by atomic mass is 10.2. The second-order valence-electron chi connectivity index (χ2n) is 4.19. The monoisotopic (exact) mass is 289 g/mol. The summed E-state index contributed by atoms with van der Waals surface area (Å²) in [6.45, 7) is 0. The summed E-state index contributed by atoms with van der Waals surface area (Å²) >= 11 is 5.93. The van der Waals surface area contributed by atoms with Crippen LogP contribution in [0.2, 0.25) is 5.02 Å². The highest BCUT2D eigenvalue weighted by molar-refractivity contribution is 6.31. The lowest BCUT2D eigenvalue weighted by molar-refractivity contribution is 0.476. The summed E-state index contributed by atoms with van der Waals surface area (Å²) in [5.41, 5.74) is 0.397. The van der Waals surface area contributed by atoms with Crippen LogP contribution in [-0.4, -0.2) is 10.1 Å². The van der Waals surface area contributed by atoms with Crippen LogP contribution in [0.15, 0.2) is 48.7 Å². The zero-order chi connectivity index (χ0) is 14.1. The van der Waals surface area contributed by atoms with Gasteiger partial charge in [0.25, 0.3) is 0 Å². The average Bonchev–Trinajstić information content (AvgIpc) is 2.42. The van der Waals surface area contributed by atoms with E-state index in [0.717, 1.165) is 0 Å². The summed E-state index contributed by atoms with van der Waals surface area (Å²) in [7, 11) is 0. The number of phenols is 1. The minimum absolute atomic E-state index is 0.0166. The molecule has 5 heteroatoms. The van der Waals surface area contributed by atoms with Gasteiger partial charge in [0.05, 0.1) is 0 Å². The molecule has 3 rings (SSSR count). The average molecular weight is 290 g/mol. The van der Waals surface area contributed by atoms with Crippen LogP contribution in [0.25, 0.3) is 10.9 Å². The molecular weight excluding hydrogens is 281 g/mol. The molecule has 20 heavy (non-hydrogen) atoms. The topological polar surface area (TPSA) is 42.4 Å². The predicted molar refractivity (Wildman–Crippen MR) is 74.9 cm³/mol. The van der Waals surface area contributed by atoms with Gasteiger partial charge in [0.2, 0.25) is 0 Å². The van der Waals surface area contributed by atoms with Crippen LogP contribution in [0, 0.1) is 5.82 Å². The van der Waals surface area contributed by atoms with E-state index in [4.69, 9.17) is 16.3 Å². The van der Waals surface area contributed by atoms with E-state index in [1.165, 1.54) is 36.5 Å². The fourth-order valence-electron chi connectivity index (χ4n) is 1.90. The van der Waals surface area contributed by atoms with Gasteiger partial charge in [-0.15, -0.1) is 0 Å². The molecule has 0 saturated heterocycles. The molecule has 0 radical (unpaired) electrons. The summed E-state index contributed by atoms with van der Waals surface area (Å²) in [6.07, 6.45) is 1.52. The first kappa shape index (κ1) is 12.7. The number of phenolic OH excluding ortho intramolecular Hbond substituents is 1. The van der Waals surface area contributed by atoms with Gasteiger partial charge in [-0.1, -0.05) is 11.6 Å². The molecule has 1 aromatic heterocycles. The maximum Gasteiger partial charge on any atom is 0.143 e. The summed E-state index contributed by atoms with van der Waals surface area (Å²) in [5.74, 6) is 0.618. The Morgan fingerprint density at radius 1 is 1.10 bits per heavy atom. The number of aromatic nitrogens is 1. The van der Waals surface area contributed by atoms with Crippen molar-refractivity contribution in [3.8, 4) is 17.2 Å². The highest BCUT2D eigenvalue weighted by atomic mass is 35.5. The van der Waals surface area contributed by atoms with Gasteiger partial charge < -0.3 is 9.84 Å². The van der Waals surface area contributed by atoms with E-state index in [1.54, 1.807) is 12.1 Å². The molecule has 3 nitrogen and oxygen atoms in total. The van der Waals surface area contributed by atoms with E-state index >= 15 is 0 Å². The smallest absolute Gasteiger partial charge is 0.143 e. The number of aromatic hydroxyl groups is 1. The van der Waals surface area contributed by atoms with Crippen molar-refractivity contribution < 1.29 is 14.2 Å². The Morgan fingerprint density at radius 3 is 2.60 bits per heavy atom. The number of fused-ring (bicyclic) bond motifs is 1. The molecule has 2 aromatic carbocycles. The lowest BCUT2D eigenvalue weighted by Crippen LogP contribution is -1.88. The van der Waals surface area contributed by atoms with Gasteiger partial charge in [-0.3, -0.25) is 4.98 Å². The third-order valence-electron chi connectivity index (χ3n) is 2.79. The number of nitrogens with zero attached hydrogens (tertiary/aromatic N) is 1. The molecule has 0 saturated carbocycles. The van der Waals surface area contributed by atoms with Crippen molar-refractivity contribution in [2.45, 2.75) is 0 Å². The Hall–Kier alpha value is -2.33. The minimum Gasteiger partial charge on any atom is -0.506 e. The number of ether oxygens (including phenoxy) is 1. The molecule has 0 aliphatic rings. The van der Waals surface area contributed by atoms with Crippen molar-refractivity contribution in [2.24, 2.45) is 0 Å². The molecule has 100 valence electrons. The minimum atomic E-state index is -0.336. The summed E-state index contributed by atoms with van der Waals surface area (Å²) in [5, 5.41) is 10.8. The van der Waals surface area contributed by atoms with Crippen LogP contribution in [0.4, 0.5) is 4.39 Å². The molecule has 0 bridgehead atoms. The van der Waals surface area contributed by atoms with E-state index in [1.807, 2.05) is 0 Å². The SMILES string of the molecule is Oc1cc(Cl)cc2c(Oc3ccc(F)cc3)ccnc12. The fourth-order valence-corrected chi connectivity index (χ4v) is 2.11. The van der Waals surface area contributed by atoms with E-state index in [0.29, 0.717) is 27.4 Å². The molecule has 0 spiro atoms. The molecule has 0 amide bonds. The van der Waals surface area contributed by atoms with E-state index in [-0.39, 0.29) is 11.6 Å². The third-order valence-corrected chi connectivity index (χ3v) is 3.01. The highest BCUT2D eigenvalue weighted by Gasteiger charge is 2.09. The summed E-state index contributed by atoms with van der Waals surface area (Å²) < 4.78 is 18.5. The van der Waals surface area contributed by atoms with Crippen LogP contribution in [-0.2, 0) is 0 Å². The van der Waals surface area contributed by atoms with Crippen molar-refractivity contribution in [3.63, 3.8) is 0 Å². The van der Waals surface area contributed by atoms with Crippen LogP contribution >= 0.6 is 11.6 Å². The number of halogens is 2. The normalized spacial score (nSPS) is 10.7. The zero-order valence-corrected chi connectivity index (χ0v) is 10.9. The Balaban J connectivity index is 2.09. The van der Waals surface area contributed by atoms with E-state index < -0.39 is 0 Å². The Bertz CT molecular complexity index is 775. The number of hydrogen-bond acceptors (Lipinski definition) is 3. The molecule has 0 atom stereocenters. The lowest BCUT2D eigenvalue weighted by Gasteiger charge is -2.09. The molecular formula is C15H9ClFNO2. The zero-order valence-electron chi connectivity index (χ0n) is 10.2. The standard InChI is InChI=1S/C15H9ClFNO2/c16-9-7-12-14(5-6-18-15(12)13(19)8-9)20-11-3-1-10(17)2-4-11/h1-8,19H. The molecule has 3 aromatic rings. The molecule has 0 unspecified atom stereocenters. The van der Waals surface area contributed by atoms with Crippen molar-refractivity contribution in [2.75, 3.05) is 0 Å².